The predicted octanol–water partition coefficient (Wildman–Crippen LogP) is 3.97. The lowest BCUT2D eigenvalue weighted by atomic mass is 10.1. The lowest BCUT2D eigenvalue weighted by Crippen LogP contribution is -2.26. The monoisotopic (exact) mass is 359 g/mol. The fourth-order valence-electron chi connectivity index (χ4n) is 2.80. The van der Waals surface area contributed by atoms with E-state index in [9.17, 15) is 9.90 Å². The van der Waals surface area contributed by atoms with Gasteiger partial charge in [-0.1, -0.05) is 29.8 Å². The lowest BCUT2D eigenvalue weighted by molar-refractivity contribution is 0.0780. The normalized spacial score (nSPS) is 13.6. The number of aromatic hydroxyl groups is 1. The number of carbonyl (C=O) groups excluding carboxylic acids is 1. The zero-order chi connectivity index (χ0) is 15.9. The van der Waals surface area contributed by atoms with Crippen LogP contribution in [-0.4, -0.2) is 22.5 Å². The highest BCUT2D eigenvalue weighted by atomic mass is 79.9. The van der Waals surface area contributed by atoms with Crippen molar-refractivity contribution < 1.29 is 9.90 Å². The van der Waals surface area contributed by atoms with Gasteiger partial charge in [0.1, 0.15) is 5.75 Å². The van der Waals surface area contributed by atoms with E-state index in [1.807, 2.05) is 13.0 Å². The maximum Gasteiger partial charge on any atom is 0.254 e. The van der Waals surface area contributed by atoms with Gasteiger partial charge in [-0.3, -0.25) is 4.79 Å². The molecule has 0 aliphatic carbocycles. The highest BCUT2D eigenvalue weighted by Gasteiger charge is 2.30. The van der Waals surface area contributed by atoms with Crippen LogP contribution in [0.15, 0.2) is 34.8 Å². The molecule has 0 aromatic heterocycles. The first-order chi connectivity index (χ1) is 10.5. The van der Waals surface area contributed by atoms with Crippen molar-refractivity contribution in [2.24, 2.45) is 0 Å². The fourth-order valence-corrected chi connectivity index (χ4v) is 3.15. The molecule has 0 radical (unpaired) electrons. The number of aryl methyl sites for hydroxylation is 2. The standard InChI is InChI=1S/C18H18BrNO2/c1-11-3-5-13(6-4-11)7-8-20-10-15-14(18(20)22)9-12(2)16(19)17(15)21/h3-6,9,21H,7-8,10H2,1-2H3. The van der Waals surface area contributed by atoms with Crippen LogP contribution in [0.25, 0.3) is 0 Å². The molecule has 1 heterocycles. The van der Waals surface area contributed by atoms with Gasteiger partial charge in [0.15, 0.2) is 0 Å². The quantitative estimate of drug-likeness (QED) is 0.900. The van der Waals surface area contributed by atoms with Crippen LogP contribution >= 0.6 is 15.9 Å². The van der Waals surface area contributed by atoms with Crippen LogP contribution < -0.4 is 0 Å². The minimum absolute atomic E-state index is 0.00742. The molecule has 2 aromatic carbocycles. The molecule has 0 fully saturated rings. The number of phenolic OH excluding ortho intramolecular Hbond substituents is 1. The molecule has 3 rings (SSSR count). The van der Waals surface area contributed by atoms with Gasteiger partial charge in [-0.25, -0.2) is 0 Å². The summed E-state index contributed by atoms with van der Waals surface area (Å²) < 4.78 is 0.680. The number of hydrogen-bond donors (Lipinski definition) is 1. The number of nitrogens with zero attached hydrogens (tertiary/aromatic N) is 1. The number of halogens is 1. The number of hydrogen-bond acceptors (Lipinski definition) is 2. The first-order valence-corrected chi connectivity index (χ1v) is 8.12. The van der Waals surface area contributed by atoms with Crippen molar-refractivity contribution in [3.63, 3.8) is 0 Å². The van der Waals surface area contributed by atoms with Crippen LogP contribution in [0, 0.1) is 13.8 Å². The van der Waals surface area contributed by atoms with Gasteiger partial charge >= 0.3 is 0 Å². The van der Waals surface area contributed by atoms with Crippen molar-refractivity contribution in [3.05, 3.63) is 62.6 Å². The van der Waals surface area contributed by atoms with E-state index >= 15 is 0 Å². The molecule has 1 N–H and O–H groups in total. The minimum Gasteiger partial charge on any atom is -0.506 e. The predicted molar refractivity (Wildman–Crippen MR) is 90.2 cm³/mol. The number of phenols is 1. The second-order valence-electron chi connectivity index (χ2n) is 5.84. The minimum atomic E-state index is 0.00742. The third-order valence-electron chi connectivity index (χ3n) is 4.18. The Bertz CT molecular complexity index is 738. The van der Waals surface area contributed by atoms with Gasteiger partial charge in [0, 0.05) is 17.7 Å². The Morgan fingerprint density at radius 2 is 1.91 bits per heavy atom. The molecule has 0 atom stereocenters. The summed E-state index contributed by atoms with van der Waals surface area (Å²) in [6.07, 6.45) is 0.820. The van der Waals surface area contributed by atoms with Crippen LogP contribution in [0.4, 0.5) is 0 Å². The third-order valence-corrected chi connectivity index (χ3v) is 5.18. The molecule has 22 heavy (non-hydrogen) atoms. The molecular formula is C18H18BrNO2. The Kier molecular flexibility index (Phi) is 3.96. The van der Waals surface area contributed by atoms with Crippen LogP contribution in [0.1, 0.15) is 32.6 Å². The zero-order valence-corrected chi connectivity index (χ0v) is 14.3. The second kappa shape index (κ2) is 5.76. The SMILES string of the molecule is Cc1ccc(CCN2Cc3c(cc(C)c(Br)c3O)C2=O)cc1. The summed E-state index contributed by atoms with van der Waals surface area (Å²) >= 11 is 3.38. The van der Waals surface area contributed by atoms with Crippen molar-refractivity contribution >= 4 is 21.8 Å². The first-order valence-electron chi connectivity index (χ1n) is 7.33. The molecule has 0 saturated heterocycles. The highest BCUT2D eigenvalue weighted by molar-refractivity contribution is 9.10. The fraction of sp³-hybridized carbons (Fsp3) is 0.278. The van der Waals surface area contributed by atoms with Crippen LogP contribution in [-0.2, 0) is 13.0 Å². The Labute approximate surface area is 138 Å². The largest absolute Gasteiger partial charge is 0.506 e. The van der Waals surface area contributed by atoms with E-state index < -0.39 is 0 Å². The molecule has 0 unspecified atom stereocenters. The van der Waals surface area contributed by atoms with E-state index in [0.717, 1.165) is 17.5 Å². The van der Waals surface area contributed by atoms with Gasteiger partial charge in [-0.15, -0.1) is 0 Å². The van der Waals surface area contributed by atoms with Gasteiger partial charge < -0.3 is 10.0 Å². The van der Waals surface area contributed by atoms with E-state index in [1.165, 1.54) is 11.1 Å². The Balaban J connectivity index is 1.77. The van der Waals surface area contributed by atoms with E-state index in [0.29, 0.717) is 23.1 Å². The van der Waals surface area contributed by atoms with Crippen LogP contribution in [0.2, 0.25) is 0 Å². The number of fused-ring (bicyclic) bond motifs is 1. The Morgan fingerprint density at radius 3 is 2.59 bits per heavy atom. The van der Waals surface area contributed by atoms with Crippen molar-refractivity contribution in [2.75, 3.05) is 6.54 Å². The van der Waals surface area contributed by atoms with Crippen molar-refractivity contribution in [1.82, 2.24) is 4.90 Å². The highest BCUT2D eigenvalue weighted by Crippen LogP contribution is 2.38. The first kappa shape index (κ1) is 15.1. The van der Waals surface area contributed by atoms with Gasteiger partial charge in [0.05, 0.1) is 11.0 Å². The van der Waals surface area contributed by atoms with E-state index in [1.54, 1.807) is 4.90 Å². The number of benzene rings is 2. The molecular weight excluding hydrogens is 342 g/mol. The summed E-state index contributed by atoms with van der Waals surface area (Å²) in [6.45, 7) is 5.08. The molecule has 0 bridgehead atoms. The van der Waals surface area contributed by atoms with Gasteiger partial charge in [-0.05, 0) is 53.4 Å². The smallest absolute Gasteiger partial charge is 0.254 e. The van der Waals surface area contributed by atoms with E-state index in [4.69, 9.17) is 0 Å². The maximum atomic E-state index is 12.5. The van der Waals surface area contributed by atoms with E-state index in [2.05, 4.69) is 47.1 Å². The van der Waals surface area contributed by atoms with Crippen LogP contribution in [0.3, 0.4) is 0 Å². The third kappa shape index (κ3) is 2.63. The van der Waals surface area contributed by atoms with Crippen LogP contribution in [0.5, 0.6) is 5.75 Å². The summed E-state index contributed by atoms with van der Waals surface area (Å²) in [5.41, 5.74) is 4.69. The van der Waals surface area contributed by atoms with Gasteiger partial charge in [-0.2, -0.15) is 0 Å². The van der Waals surface area contributed by atoms with Crippen molar-refractivity contribution in [3.8, 4) is 5.75 Å². The summed E-state index contributed by atoms with van der Waals surface area (Å²) in [5.74, 6) is 0.203. The summed E-state index contributed by atoms with van der Waals surface area (Å²) in [7, 11) is 0. The molecule has 1 amide bonds. The number of carbonyl (C=O) groups is 1. The molecule has 1 aliphatic rings. The second-order valence-corrected chi connectivity index (χ2v) is 6.64. The van der Waals surface area contributed by atoms with Gasteiger partial charge in [0.25, 0.3) is 5.91 Å². The maximum absolute atomic E-state index is 12.5. The summed E-state index contributed by atoms with van der Waals surface area (Å²) in [6, 6.07) is 10.2. The van der Waals surface area contributed by atoms with Gasteiger partial charge in [0.2, 0.25) is 0 Å². The zero-order valence-electron chi connectivity index (χ0n) is 12.7. The Hall–Kier alpha value is -1.81. The average Bonchev–Trinajstić information content (AvgIpc) is 2.81. The lowest BCUT2D eigenvalue weighted by Gasteiger charge is -2.15. The topological polar surface area (TPSA) is 40.5 Å². The molecule has 0 saturated carbocycles. The molecule has 0 spiro atoms. The summed E-state index contributed by atoms with van der Waals surface area (Å²) in [4.78, 5) is 14.3. The van der Waals surface area contributed by atoms with E-state index in [-0.39, 0.29) is 11.7 Å². The Morgan fingerprint density at radius 1 is 1.23 bits per heavy atom. The molecule has 114 valence electrons. The van der Waals surface area contributed by atoms with Crippen molar-refractivity contribution in [1.29, 1.82) is 0 Å². The molecule has 4 heteroatoms. The molecule has 1 aliphatic heterocycles. The van der Waals surface area contributed by atoms with Crippen molar-refractivity contribution in [2.45, 2.75) is 26.8 Å². The molecule has 3 nitrogen and oxygen atoms in total. The number of amides is 1. The average molecular weight is 360 g/mol. The molecule has 2 aromatic rings. The number of rotatable bonds is 3. The summed E-state index contributed by atoms with van der Waals surface area (Å²) in [5, 5.41) is 10.2.